The second-order valence-corrected chi connectivity index (χ2v) is 4.97. The third-order valence-corrected chi connectivity index (χ3v) is 4.34. The lowest BCUT2D eigenvalue weighted by Crippen LogP contribution is -2.49. The summed E-state index contributed by atoms with van der Waals surface area (Å²) in [5, 5.41) is 0. The van der Waals surface area contributed by atoms with Crippen LogP contribution in [-0.2, 0) is 4.74 Å². The molecule has 2 N–H and O–H groups in total. The van der Waals surface area contributed by atoms with E-state index in [2.05, 4.69) is 13.8 Å². The topological polar surface area (TPSA) is 35.2 Å². The lowest BCUT2D eigenvalue weighted by molar-refractivity contribution is -0.0426. The van der Waals surface area contributed by atoms with E-state index in [1.165, 1.54) is 25.7 Å². The van der Waals surface area contributed by atoms with E-state index in [0.29, 0.717) is 0 Å². The molecule has 0 heterocycles. The van der Waals surface area contributed by atoms with E-state index in [0.717, 1.165) is 25.2 Å². The first-order valence-electron chi connectivity index (χ1n) is 6.49. The Hall–Kier alpha value is -0.0800. The third kappa shape index (κ3) is 2.94. The highest BCUT2D eigenvalue weighted by atomic mass is 16.5. The van der Waals surface area contributed by atoms with Gasteiger partial charge in [-0.2, -0.15) is 0 Å². The van der Waals surface area contributed by atoms with Crippen molar-refractivity contribution in [2.45, 2.75) is 70.4 Å². The van der Waals surface area contributed by atoms with Gasteiger partial charge in [0.25, 0.3) is 0 Å². The molecule has 1 rings (SSSR count). The van der Waals surface area contributed by atoms with Crippen LogP contribution in [0.1, 0.15) is 58.8 Å². The molecule has 2 heteroatoms. The Morgan fingerprint density at radius 3 is 2.20 bits per heavy atom. The normalized spacial score (nSPS) is 20.8. The maximum absolute atomic E-state index is 6.34. The predicted octanol–water partition coefficient (Wildman–Crippen LogP) is 3.10. The van der Waals surface area contributed by atoms with Gasteiger partial charge >= 0.3 is 0 Å². The standard InChI is InChI=1S/C13H27NO/c1-4-13(5-2,15-3)12(14)10-11-8-6-7-9-11/h11-12H,4-10,14H2,1-3H3. The Bertz CT molecular complexity index is 163. The Morgan fingerprint density at radius 1 is 1.27 bits per heavy atom. The lowest BCUT2D eigenvalue weighted by atomic mass is 9.83. The van der Waals surface area contributed by atoms with Crippen LogP contribution in [-0.4, -0.2) is 18.8 Å². The van der Waals surface area contributed by atoms with Crippen LogP contribution in [0, 0.1) is 5.92 Å². The summed E-state index contributed by atoms with van der Waals surface area (Å²) in [6.07, 6.45) is 8.74. The SMILES string of the molecule is CCC(CC)(OC)C(N)CC1CCCC1. The van der Waals surface area contributed by atoms with Gasteiger partial charge < -0.3 is 10.5 Å². The summed E-state index contributed by atoms with van der Waals surface area (Å²) in [7, 11) is 1.81. The Balaban J connectivity index is 2.51. The van der Waals surface area contributed by atoms with Gasteiger partial charge in [0.05, 0.1) is 5.60 Å². The molecule has 2 nitrogen and oxygen atoms in total. The van der Waals surface area contributed by atoms with Gasteiger partial charge in [-0.3, -0.25) is 0 Å². The van der Waals surface area contributed by atoms with E-state index >= 15 is 0 Å². The monoisotopic (exact) mass is 213 g/mol. The molecular formula is C13H27NO. The van der Waals surface area contributed by atoms with E-state index in [-0.39, 0.29) is 11.6 Å². The summed E-state index contributed by atoms with van der Waals surface area (Å²) in [6.45, 7) is 4.36. The third-order valence-electron chi connectivity index (χ3n) is 4.34. The number of rotatable bonds is 6. The molecule has 1 atom stereocenters. The van der Waals surface area contributed by atoms with Gasteiger partial charge in [0, 0.05) is 13.2 Å². The van der Waals surface area contributed by atoms with Crippen LogP contribution in [0.3, 0.4) is 0 Å². The molecule has 1 fully saturated rings. The van der Waals surface area contributed by atoms with Crippen molar-refractivity contribution in [3.05, 3.63) is 0 Å². The average molecular weight is 213 g/mol. The number of methoxy groups -OCH3 is 1. The van der Waals surface area contributed by atoms with E-state index in [9.17, 15) is 0 Å². The molecule has 0 saturated heterocycles. The first-order chi connectivity index (χ1) is 7.18. The molecule has 1 aliphatic carbocycles. The van der Waals surface area contributed by atoms with Gasteiger partial charge in [-0.25, -0.2) is 0 Å². The van der Waals surface area contributed by atoms with Crippen LogP contribution in [0.2, 0.25) is 0 Å². The van der Waals surface area contributed by atoms with Crippen molar-refractivity contribution in [3.8, 4) is 0 Å². The molecule has 1 unspecified atom stereocenters. The van der Waals surface area contributed by atoms with Crippen molar-refractivity contribution in [2.75, 3.05) is 7.11 Å². The number of ether oxygens (including phenoxy) is 1. The number of hydrogen-bond acceptors (Lipinski definition) is 2. The summed E-state index contributed by atoms with van der Waals surface area (Å²) < 4.78 is 5.68. The van der Waals surface area contributed by atoms with Gasteiger partial charge in [0.1, 0.15) is 0 Å². The number of nitrogens with two attached hydrogens (primary N) is 1. The lowest BCUT2D eigenvalue weighted by Gasteiger charge is -2.37. The maximum Gasteiger partial charge on any atom is 0.0823 e. The van der Waals surface area contributed by atoms with Crippen LogP contribution in [0.4, 0.5) is 0 Å². The van der Waals surface area contributed by atoms with Gasteiger partial charge in [0.2, 0.25) is 0 Å². The largest absolute Gasteiger partial charge is 0.377 e. The van der Waals surface area contributed by atoms with Crippen LogP contribution < -0.4 is 5.73 Å². The zero-order chi connectivity index (χ0) is 11.3. The van der Waals surface area contributed by atoms with Crippen molar-refractivity contribution in [1.82, 2.24) is 0 Å². The quantitative estimate of drug-likeness (QED) is 0.736. The van der Waals surface area contributed by atoms with Crippen molar-refractivity contribution in [1.29, 1.82) is 0 Å². The molecule has 0 aliphatic heterocycles. The molecule has 0 aromatic carbocycles. The Kier molecular flexibility index (Phi) is 5.07. The van der Waals surface area contributed by atoms with E-state index in [1.807, 2.05) is 7.11 Å². The summed E-state index contributed by atoms with van der Waals surface area (Å²) in [5.41, 5.74) is 6.26. The number of hydrogen-bond donors (Lipinski definition) is 1. The molecular weight excluding hydrogens is 186 g/mol. The summed E-state index contributed by atoms with van der Waals surface area (Å²) >= 11 is 0. The highest BCUT2D eigenvalue weighted by Crippen LogP contribution is 2.33. The molecule has 0 spiro atoms. The van der Waals surface area contributed by atoms with Crippen LogP contribution in [0.25, 0.3) is 0 Å². The van der Waals surface area contributed by atoms with Gasteiger partial charge in [-0.15, -0.1) is 0 Å². The smallest absolute Gasteiger partial charge is 0.0823 e. The van der Waals surface area contributed by atoms with E-state index in [1.54, 1.807) is 0 Å². The van der Waals surface area contributed by atoms with Crippen molar-refractivity contribution in [3.63, 3.8) is 0 Å². The second kappa shape index (κ2) is 5.86. The second-order valence-electron chi connectivity index (χ2n) is 4.97. The highest BCUT2D eigenvalue weighted by Gasteiger charge is 2.34. The minimum absolute atomic E-state index is 0.0808. The fourth-order valence-electron chi connectivity index (χ4n) is 3.03. The maximum atomic E-state index is 6.34. The van der Waals surface area contributed by atoms with E-state index in [4.69, 9.17) is 10.5 Å². The molecule has 0 amide bonds. The Labute approximate surface area is 94.6 Å². The zero-order valence-electron chi connectivity index (χ0n) is 10.6. The van der Waals surface area contributed by atoms with Crippen molar-refractivity contribution < 1.29 is 4.74 Å². The first-order valence-corrected chi connectivity index (χ1v) is 6.49. The predicted molar refractivity (Wildman–Crippen MR) is 64.9 cm³/mol. The van der Waals surface area contributed by atoms with Crippen molar-refractivity contribution in [2.24, 2.45) is 11.7 Å². The summed E-state index contributed by atoms with van der Waals surface area (Å²) in [5.74, 6) is 0.854. The minimum atomic E-state index is -0.0808. The fraction of sp³-hybridized carbons (Fsp3) is 1.00. The van der Waals surface area contributed by atoms with Crippen LogP contribution >= 0.6 is 0 Å². The van der Waals surface area contributed by atoms with Crippen LogP contribution in [0.5, 0.6) is 0 Å². The molecule has 0 radical (unpaired) electrons. The summed E-state index contributed by atoms with van der Waals surface area (Å²) in [4.78, 5) is 0. The highest BCUT2D eigenvalue weighted by molar-refractivity contribution is 4.91. The Morgan fingerprint density at radius 2 is 1.80 bits per heavy atom. The van der Waals surface area contributed by atoms with Crippen LogP contribution in [0.15, 0.2) is 0 Å². The van der Waals surface area contributed by atoms with Gasteiger partial charge in [-0.1, -0.05) is 39.5 Å². The molecule has 15 heavy (non-hydrogen) atoms. The van der Waals surface area contributed by atoms with Crippen molar-refractivity contribution >= 4 is 0 Å². The van der Waals surface area contributed by atoms with Gasteiger partial charge in [-0.05, 0) is 25.2 Å². The zero-order valence-corrected chi connectivity index (χ0v) is 10.6. The molecule has 0 bridgehead atoms. The summed E-state index contributed by atoms with van der Waals surface area (Å²) in [6, 6.07) is 0.209. The fourth-order valence-corrected chi connectivity index (χ4v) is 3.03. The molecule has 0 aromatic heterocycles. The molecule has 0 aromatic rings. The van der Waals surface area contributed by atoms with E-state index < -0.39 is 0 Å². The van der Waals surface area contributed by atoms with Gasteiger partial charge in [0.15, 0.2) is 0 Å². The first kappa shape index (κ1) is 13.0. The molecule has 90 valence electrons. The average Bonchev–Trinajstić information content (AvgIpc) is 2.74. The minimum Gasteiger partial charge on any atom is -0.377 e. The molecule has 1 aliphatic rings. The molecule has 1 saturated carbocycles.